The standard InChI is InChI=1S/C17H17N5O3/c1-21-17(24)16-11(7-19-21)8-20-22(16)9-12(23)10-25-15-4-2-3-14-13(15)5-6-18-14/h2-8,12,18,23H,9-10H2,1H3/t12-/m0/s1. The number of rotatable bonds is 5. The van der Waals surface area contributed by atoms with Crippen LogP contribution < -0.4 is 10.3 Å². The third kappa shape index (κ3) is 2.76. The van der Waals surface area contributed by atoms with Gasteiger partial charge < -0.3 is 14.8 Å². The van der Waals surface area contributed by atoms with Gasteiger partial charge in [0.05, 0.1) is 18.9 Å². The SMILES string of the molecule is Cn1ncc2cnn(C[C@H](O)COc3cccc4[nH]ccc34)c2c1=O. The van der Waals surface area contributed by atoms with Crippen LogP contribution >= 0.6 is 0 Å². The number of nitrogens with one attached hydrogen (secondary N) is 1. The van der Waals surface area contributed by atoms with E-state index in [1.165, 1.54) is 9.36 Å². The molecule has 0 saturated carbocycles. The van der Waals surface area contributed by atoms with Gasteiger partial charge in [-0.15, -0.1) is 0 Å². The van der Waals surface area contributed by atoms with Gasteiger partial charge in [-0.05, 0) is 18.2 Å². The number of nitrogens with zero attached hydrogens (tertiary/aromatic N) is 4. The van der Waals surface area contributed by atoms with Crippen LogP contribution in [0.3, 0.4) is 0 Å². The summed E-state index contributed by atoms with van der Waals surface area (Å²) >= 11 is 0. The van der Waals surface area contributed by atoms with E-state index in [4.69, 9.17) is 4.74 Å². The molecule has 1 atom stereocenters. The maximum atomic E-state index is 12.2. The second-order valence-electron chi connectivity index (χ2n) is 5.86. The molecule has 2 N–H and O–H groups in total. The van der Waals surface area contributed by atoms with Crippen molar-refractivity contribution in [3.8, 4) is 5.75 Å². The fraction of sp³-hybridized carbons (Fsp3) is 0.235. The zero-order chi connectivity index (χ0) is 17.4. The van der Waals surface area contributed by atoms with Gasteiger partial charge in [0.1, 0.15) is 24.0 Å². The molecule has 1 aromatic carbocycles. The van der Waals surface area contributed by atoms with Crippen LogP contribution in [0.25, 0.3) is 21.8 Å². The van der Waals surface area contributed by atoms with Crippen molar-refractivity contribution in [1.29, 1.82) is 0 Å². The lowest BCUT2D eigenvalue weighted by atomic mass is 10.2. The van der Waals surface area contributed by atoms with E-state index < -0.39 is 6.10 Å². The summed E-state index contributed by atoms with van der Waals surface area (Å²) in [5.74, 6) is 0.697. The summed E-state index contributed by atoms with van der Waals surface area (Å²) in [6.07, 6.45) is 4.18. The number of hydrogen-bond donors (Lipinski definition) is 2. The van der Waals surface area contributed by atoms with Gasteiger partial charge in [-0.2, -0.15) is 10.2 Å². The van der Waals surface area contributed by atoms with Crippen molar-refractivity contribution >= 4 is 21.8 Å². The predicted molar refractivity (Wildman–Crippen MR) is 92.6 cm³/mol. The fourth-order valence-electron chi connectivity index (χ4n) is 2.84. The minimum Gasteiger partial charge on any atom is -0.490 e. The zero-order valence-electron chi connectivity index (χ0n) is 13.6. The van der Waals surface area contributed by atoms with E-state index in [-0.39, 0.29) is 18.7 Å². The van der Waals surface area contributed by atoms with Crippen molar-refractivity contribution in [2.24, 2.45) is 7.05 Å². The summed E-state index contributed by atoms with van der Waals surface area (Å²) in [6.45, 7) is 0.253. The highest BCUT2D eigenvalue weighted by atomic mass is 16.5. The third-order valence-corrected chi connectivity index (χ3v) is 4.10. The van der Waals surface area contributed by atoms with Gasteiger partial charge in [0.15, 0.2) is 0 Å². The molecule has 0 fully saturated rings. The molecule has 8 nitrogen and oxygen atoms in total. The van der Waals surface area contributed by atoms with Crippen LogP contribution in [0.2, 0.25) is 0 Å². The maximum Gasteiger partial charge on any atom is 0.292 e. The average Bonchev–Trinajstić information content (AvgIpc) is 3.24. The lowest BCUT2D eigenvalue weighted by Gasteiger charge is -2.13. The maximum absolute atomic E-state index is 12.2. The first kappa shape index (κ1) is 15.4. The molecule has 8 heteroatoms. The summed E-state index contributed by atoms with van der Waals surface area (Å²) in [4.78, 5) is 15.3. The van der Waals surface area contributed by atoms with Gasteiger partial charge >= 0.3 is 0 Å². The summed E-state index contributed by atoms with van der Waals surface area (Å²) in [7, 11) is 1.58. The van der Waals surface area contributed by atoms with Crippen molar-refractivity contribution in [3.05, 3.63) is 53.2 Å². The van der Waals surface area contributed by atoms with Gasteiger partial charge in [-0.1, -0.05) is 6.07 Å². The Morgan fingerprint density at radius 3 is 3.00 bits per heavy atom. The van der Waals surface area contributed by atoms with Gasteiger partial charge in [0.25, 0.3) is 5.56 Å². The highest BCUT2D eigenvalue weighted by Crippen LogP contribution is 2.24. The number of fused-ring (bicyclic) bond motifs is 2. The van der Waals surface area contributed by atoms with Crippen LogP contribution in [0, 0.1) is 0 Å². The van der Waals surface area contributed by atoms with Crippen molar-refractivity contribution in [3.63, 3.8) is 0 Å². The molecule has 0 saturated heterocycles. The third-order valence-electron chi connectivity index (χ3n) is 4.10. The summed E-state index contributed by atoms with van der Waals surface area (Å²) in [6, 6.07) is 7.62. The summed E-state index contributed by atoms with van der Waals surface area (Å²) in [5, 5.41) is 20.0. The quantitative estimate of drug-likeness (QED) is 0.566. The molecule has 0 aliphatic rings. The largest absolute Gasteiger partial charge is 0.490 e. The smallest absolute Gasteiger partial charge is 0.292 e. The number of aliphatic hydroxyl groups is 1. The number of aromatic nitrogens is 5. The molecular weight excluding hydrogens is 322 g/mol. The van der Waals surface area contributed by atoms with E-state index in [9.17, 15) is 9.90 Å². The predicted octanol–water partition coefficient (Wildman–Crippen LogP) is 1.05. The van der Waals surface area contributed by atoms with Crippen molar-refractivity contribution in [1.82, 2.24) is 24.5 Å². The lowest BCUT2D eigenvalue weighted by molar-refractivity contribution is 0.0911. The number of ether oxygens (including phenoxy) is 1. The Hall–Kier alpha value is -3.13. The van der Waals surface area contributed by atoms with Crippen LogP contribution in [0.4, 0.5) is 0 Å². The van der Waals surface area contributed by atoms with E-state index in [0.717, 1.165) is 10.9 Å². The Labute approximate surface area is 142 Å². The second-order valence-corrected chi connectivity index (χ2v) is 5.86. The minimum absolute atomic E-state index is 0.0943. The van der Waals surface area contributed by atoms with E-state index in [0.29, 0.717) is 16.7 Å². The number of aliphatic hydroxyl groups excluding tert-OH is 1. The topological polar surface area (TPSA) is 98.0 Å². The second kappa shape index (κ2) is 6.06. The van der Waals surface area contributed by atoms with E-state index in [2.05, 4.69) is 15.2 Å². The number of hydrogen-bond acceptors (Lipinski definition) is 5. The molecule has 0 bridgehead atoms. The van der Waals surface area contributed by atoms with Crippen LogP contribution in [-0.2, 0) is 13.6 Å². The van der Waals surface area contributed by atoms with Crippen molar-refractivity contribution in [2.75, 3.05) is 6.61 Å². The highest BCUT2D eigenvalue weighted by Gasteiger charge is 2.14. The van der Waals surface area contributed by atoms with Crippen LogP contribution in [-0.4, -0.2) is 42.4 Å². The normalized spacial score (nSPS) is 12.7. The molecule has 0 unspecified atom stereocenters. The Kier molecular flexibility index (Phi) is 3.73. The molecule has 3 heterocycles. The lowest BCUT2D eigenvalue weighted by Crippen LogP contribution is -2.27. The Bertz CT molecular complexity index is 1090. The minimum atomic E-state index is -0.810. The number of aromatic amines is 1. The first-order valence-corrected chi connectivity index (χ1v) is 7.88. The van der Waals surface area contributed by atoms with Crippen LogP contribution in [0.15, 0.2) is 47.7 Å². The van der Waals surface area contributed by atoms with Gasteiger partial charge in [0, 0.05) is 29.5 Å². The molecule has 4 rings (SSSR count). The van der Waals surface area contributed by atoms with Gasteiger partial charge in [-0.25, -0.2) is 4.68 Å². The molecule has 0 amide bonds. The monoisotopic (exact) mass is 339 g/mol. The molecule has 25 heavy (non-hydrogen) atoms. The average molecular weight is 339 g/mol. The van der Waals surface area contributed by atoms with E-state index in [1.54, 1.807) is 19.4 Å². The van der Waals surface area contributed by atoms with Gasteiger partial charge in [-0.3, -0.25) is 9.48 Å². The van der Waals surface area contributed by atoms with Crippen LogP contribution in [0.1, 0.15) is 0 Å². The fourth-order valence-corrected chi connectivity index (χ4v) is 2.84. The molecule has 128 valence electrons. The Morgan fingerprint density at radius 2 is 2.12 bits per heavy atom. The van der Waals surface area contributed by atoms with Gasteiger partial charge in [0.2, 0.25) is 0 Å². The number of H-pyrrole nitrogens is 1. The zero-order valence-corrected chi connectivity index (χ0v) is 13.6. The first-order chi connectivity index (χ1) is 12.1. The Balaban J connectivity index is 1.51. The molecule has 3 aromatic heterocycles. The molecular formula is C17H17N5O3. The van der Waals surface area contributed by atoms with Crippen LogP contribution in [0.5, 0.6) is 5.75 Å². The highest BCUT2D eigenvalue weighted by molar-refractivity contribution is 5.85. The molecule has 0 aliphatic carbocycles. The molecule has 0 spiro atoms. The van der Waals surface area contributed by atoms with Crippen molar-refractivity contribution in [2.45, 2.75) is 12.6 Å². The first-order valence-electron chi connectivity index (χ1n) is 7.88. The molecule has 0 radical (unpaired) electrons. The summed E-state index contributed by atoms with van der Waals surface area (Å²) < 4.78 is 8.48. The number of benzene rings is 1. The van der Waals surface area contributed by atoms with E-state index in [1.807, 2.05) is 30.5 Å². The van der Waals surface area contributed by atoms with Crippen molar-refractivity contribution < 1.29 is 9.84 Å². The van der Waals surface area contributed by atoms with E-state index >= 15 is 0 Å². The number of aryl methyl sites for hydroxylation is 1. The summed E-state index contributed by atoms with van der Waals surface area (Å²) in [5.41, 5.74) is 1.14. The Morgan fingerprint density at radius 1 is 1.28 bits per heavy atom. The molecule has 4 aromatic rings. The molecule has 0 aliphatic heterocycles.